The van der Waals surface area contributed by atoms with Crippen LogP contribution in [-0.4, -0.2) is 43.2 Å². The summed E-state index contributed by atoms with van der Waals surface area (Å²) >= 11 is 0. The van der Waals surface area contributed by atoms with Crippen molar-refractivity contribution >= 4 is 23.5 Å². The molecule has 0 radical (unpaired) electrons. The van der Waals surface area contributed by atoms with E-state index in [2.05, 4.69) is 9.47 Å². The fourth-order valence-corrected chi connectivity index (χ4v) is 1.43. The maximum atomic E-state index is 11.5. The summed E-state index contributed by atoms with van der Waals surface area (Å²) in [5.41, 5.74) is 0.326. The Balaban J connectivity index is 2.63. The van der Waals surface area contributed by atoms with Gasteiger partial charge in [-0.15, -0.1) is 0 Å². The zero-order valence-corrected chi connectivity index (χ0v) is 12.2. The second kappa shape index (κ2) is 8.46. The molecule has 0 aromatic heterocycles. The Bertz CT molecular complexity index is 572. The number of hydrogen-bond acceptors (Lipinski definition) is 7. The number of hydrogen-bond donors (Lipinski definition) is 1. The average Bonchev–Trinajstić information content (AvgIpc) is 2.52. The molecule has 0 saturated heterocycles. The van der Waals surface area contributed by atoms with Gasteiger partial charge in [-0.1, -0.05) is 0 Å². The van der Waals surface area contributed by atoms with Crippen molar-refractivity contribution in [3.05, 3.63) is 35.9 Å². The van der Waals surface area contributed by atoms with E-state index >= 15 is 0 Å². The molecule has 7 nitrogen and oxygen atoms in total. The van der Waals surface area contributed by atoms with Crippen LogP contribution in [0.2, 0.25) is 0 Å². The molecule has 1 aromatic carbocycles. The lowest BCUT2D eigenvalue weighted by Crippen LogP contribution is -2.21. The van der Waals surface area contributed by atoms with Crippen LogP contribution in [0.25, 0.3) is 5.76 Å². The Morgan fingerprint density at radius 1 is 1.14 bits per heavy atom. The minimum atomic E-state index is -1.26. The third kappa shape index (κ3) is 5.28. The summed E-state index contributed by atoms with van der Waals surface area (Å²) in [6.07, 6.45) is 0.718. The first kappa shape index (κ1) is 17.2. The largest absolute Gasteiger partial charge is 0.507 e. The maximum absolute atomic E-state index is 11.5. The van der Waals surface area contributed by atoms with Gasteiger partial charge in [0, 0.05) is 11.6 Å². The van der Waals surface area contributed by atoms with Crippen LogP contribution >= 0.6 is 0 Å². The third-order valence-electron chi connectivity index (χ3n) is 2.48. The van der Waals surface area contributed by atoms with Gasteiger partial charge in [-0.2, -0.15) is 0 Å². The number of carbonyl (C=O) groups excluding carboxylic acids is 3. The van der Waals surface area contributed by atoms with Gasteiger partial charge in [0.15, 0.2) is 6.61 Å². The molecule has 0 unspecified atom stereocenters. The van der Waals surface area contributed by atoms with Crippen molar-refractivity contribution in [3.8, 4) is 5.75 Å². The van der Waals surface area contributed by atoms with Crippen LogP contribution in [-0.2, 0) is 23.9 Å². The second-order valence-corrected chi connectivity index (χ2v) is 4.00. The number of aliphatic hydroxyl groups excluding tert-OH is 1. The normalized spacial score (nSPS) is 10.7. The number of methoxy groups -OCH3 is 1. The summed E-state index contributed by atoms with van der Waals surface area (Å²) in [5, 5.41) is 9.77. The van der Waals surface area contributed by atoms with E-state index in [1.165, 1.54) is 19.2 Å². The van der Waals surface area contributed by atoms with E-state index in [0.29, 0.717) is 11.3 Å². The van der Waals surface area contributed by atoms with E-state index in [1.54, 1.807) is 19.1 Å². The lowest BCUT2D eigenvalue weighted by atomic mass is 10.1. The SMILES string of the molecule is CCOC(=O)COC(=O)C(=O)/C=C(\O)c1ccc(OC)cc1. The molecule has 1 N–H and O–H groups in total. The standard InChI is InChI=1S/C15H16O7/c1-3-21-14(18)9-22-15(19)13(17)8-12(16)10-4-6-11(20-2)7-5-10/h4-8,16H,3,9H2,1-2H3/b12-8-. The van der Waals surface area contributed by atoms with Crippen LogP contribution < -0.4 is 4.74 Å². The maximum Gasteiger partial charge on any atom is 0.379 e. The molecule has 1 rings (SSSR count). The highest BCUT2D eigenvalue weighted by molar-refractivity contribution is 6.39. The number of ketones is 1. The molecule has 0 aliphatic heterocycles. The van der Waals surface area contributed by atoms with Crippen molar-refractivity contribution in [2.24, 2.45) is 0 Å². The highest BCUT2D eigenvalue weighted by Gasteiger charge is 2.16. The summed E-state index contributed by atoms with van der Waals surface area (Å²) in [5.74, 6) is -2.92. The first-order valence-corrected chi connectivity index (χ1v) is 6.39. The molecule has 0 amide bonds. The molecule has 1 aromatic rings. The molecule has 0 saturated carbocycles. The number of carbonyl (C=O) groups is 3. The van der Waals surface area contributed by atoms with E-state index < -0.39 is 30.1 Å². The van der Waals surface area contributed by atoms with Gasteiger partial charge in [-0.25, -0.2) is 9.59 Å². The summed E-state index contributed by atoms with van der Waals surface area (Å²) in [6, 6.07) is 6.20. The summed E-state index contributed by atoms with van der Waals surface area (Å²) in [6.45, 7) is 1.08. The highest BCUT2D eigenvalue weighted by atomic mass is 16.6. The highest BCUT2D eigenvalue weighted by Crippen LogP contribution is 2.16. The van der Waals surface area contributed by atoms with Crippen LogP contribution in [0.1, 0.15) is 12.5 Å². The van der Waals surface area contributed by atoms with Gasteiger partial charge in [0.25, 0.3) is 5.78 Å². The number of esters is 2. The molecule has 0 aliphatic rings. The van der Waals surface area contributed by atoms with Crippen molar-refractivity contribution in [2.45, 2.75) is 6.92 Å². The van der Waals surface area contributed by atoms with E-state index in [1.807, 2.05) is 0 Å². The number of benzene rings is 1. The first-order valence-electron chi connectivity index (χ1n) is 6.39. The van der Waals surface area contributed by atoms with Crippen molar-refractivity contribution < 1.29 is 33.7 Å². The summed E-state index contributed by atoms with van der Waals surface area (Å²) in [4.78, 5) is 33.9. The first-order chi connectivity index (χ1) is 10.5. The molecule has 7 heteroatoms. The number of aliphatic hydroxyl groups is 1. The number of ether oxygens (including phenoxy) is 3. The van der Waals surface area contributed by atoms with E-state index in [4.69, 9.17) is 4.74 Å². The molecular weight excluding hydrogens is 292 g/mol. The monoisotopic (exact) mass is 308 g/mol. The van der Waals surface area contributed by atoms with Crippen LogP contribution in [0.4, 0.5) is 0 Å². The van der Waals surface area contributed by atoms with Gasteiger partial charge in [0.1, 0.15) is 11.5 Å². The van der Waals surface area contributed by atoms with Gasteiger partial charge in [-0.05, 0) is 31.2 Å². The van der Waals surface area contributed by atoms with Crippen LogP contribution in [0.15, 0.2) is 30.3 Å². The molecule has 0 aliphatic carbocycles. The smallest absolute Gasteiger partial charge is 0.379 e. The molecule has 118 valence electrons. The lowest BCUT2D eigenvalue weighted by molar-refractivity contribution is -0.160. The lowest BCUT2D eigenvalue weighted by Gasteiger charge is -2.04. The molecule has 0 bridgehead atoms. The van der Waals surface area contributed by atoms with Gasteiger partial charge in [0.05, 0.1) is 13.7 Å². The molecule has 0 heterocycles. The topological polar surface area (TPSA) is 99.1 Å². The zero-order valence-electron chi connectivity index (χ0n) is 12.2. The Hall–Kier alpha value is -2.83. The molecular formula is C15H16O7. The zero-order chi connectivity index (χ0) is 16.5. The predicted octanol–water partition coefficient (Wildman–Crippen LogP) is 1.27. The Labute approximate surface area is 127 Å². The van der Waals surface area contributed by atoms with E-state index in [-0.39, 0.29) is 6.61 Å². The minimum Gasteiger partial charge on any atom is -0.507 e. The van der Waals surface area contributed by atoms with E-state index in [9.17, 15) is 19.5 Å². The van der Waals surface area contributed by atoms with Gasteiger partial charge < -0.3 is 19.3 Å². The Morgan fingerprint density at radius 2 is 1.77 bits per heavy atom. The predicted molar refractivity (Wildman–Crippen MR) is 76.2 cm³/mol. The fraction of sp³-hybridized carbons (Fsp3) is 0.267. The average molecular weight is 308 g/mol. The van der Waals surface area contributed by atoms with Gasteiger partial charge in [-0.3, -0.25) is 4.79 Å². The van der Waals surface area contributed by atoms with Crippen LogP contribution in [0.3, 0.4) is 0 Å². The minimum absolute atomic E-state index is 0.141. The molecule has 0 atom stereocenters. The van der Waals surface area contributed by atoms with Crippen molar-refractivity contribution in [3.63, 3.8) is 0 Å². The fourth-order valence-electron chi connectivity index (χ4n) is 1.43. The van der Waals surface area contributed by atoms with Crippen molar-refractivity contribution in [1.29, 1.82) is 0 Å². The van der Waals surface area contributed by atoms with Crippen LogP contribution in [0, 0.1) is 0 Å². The van der Waals surface area contributed by atoms with E-state index in [0.717, 1.165) is 6.08 Å². The second-order valence-electron chi connectivity index (χ2n) is 4.00. The number of rotatable bonds is 7. The third-order valence-corrected chi connectivity index (χ3v) is 2.48. The Morgan fingerprint density at radius 3 is 2.32 bits per heavy atom. The summed E-state index contributed by atoms with van der Waals surface area (Å²) in [7, 11) is 1.49. The van der Waals surface area contributed by atoms with Crippen molar-refractivity contribution in [1.82, 2.24) is 0 Å². The molecule has 22 heavy (non-hydrogen) atoms. The van der Waals surface area contributed by atoms with Gasteiger partial charge >= 0.3 is 11.9 Å². The molecule has 0 fully saturated rings. The quantitative estimate of drug-likeness (QED) is 0.350. The van der Waals surface area contributed by atoms with Gasteiger partial charge in [0.2, 0.25) is 0 Å². The van der Waals surface area contributed by atoms with Crippen molar-refractivity contribution in [2.75, 3.05) is 20.3 Å². The Kier molecular flexibility index (Phi) is 6.62. The summed E-state index contributed by atoms with van der Waals surface area (Å²) < 4.78 is 13.9. The molecule has 0 spiro atoms. The van der Waals surface area contributed by atoms with Crippen LogP contribution in [0.5, 0.6) is 5.75 Å².